The Morgan fingerprint density at radius 1 is 1.29 bits per heavy atom. The summed E-state index contributed by atoms with van der Waals surface area (Å²) >= 11 is 0. The van der Waals surface area contributed by atoms with Crippen molar-refractivity contribution in [2.24, 2.45) is 5.92 Å². The van der Waals surface area contributed by atoms with E-state index in [4.69, 9.17) is 0 Å². The second kappa shape index (κ2) is 5.93. The van der Waals surface area contributed by atoms with Crippen LogP contribution in [-0.4, -0.2) is 34.1 Å². The molecular weight excluding hydrogens is 269 g/mol. The Kier molecular flexibility index (Phi) is 4.01. The lowest BCUT2D eigenvalue weighted by atomic mass is 9.99. The summed E-state index contributed by atoms with van der Waals surface area (Å²) in [7, 11) is 0. The van der Waals surface area contributed by atoms with Crippen molar-refractivity contribution in [3.8, 4) is 0 Å². The highest BCUT2D eigenvalue weighted by Crippen LogP contribution is 2.16. The summed E-state index contributed by atoms with van der Waals surface area (Å²) in [6.07, 6.45) is 3.74. The minimum absolute atomic E-state index is 0.168. The molecular formula is C16H20FN3O. The Labute approximate surface area is 123 Å². The predicted octanol–water partition coefficient (Wildman–Crippen LogP) is 2.27. The number of aromatic nitrogens is 2. The minimum atomic E-state index is -0.338. The molecule has 1 aromatic carbocycles. The quantitative estimate of drug-likeness (QED) is 0.870. The first-order chi connectivity index (χ1) is 10.1. The zero-order valence-corrected chi connectivity index (χ0v) is 12.3. The molecule has 1 saturated heterocycles. The number of piperidine rings is 1. The van der Waals surface area contributed by atoms with Gasteiger partial charge in [0.05, 0.1) is 17.2 Å². The average molecular weight is 289 g/mol. The summed E-state index contributed by atoms with van der Waals surface area (Å²) in [5, 5.41) is 0. The maximum Gasteiger partial charge on any atom is 0.269 e. The largest absolute Gasteiger partial charge is 0.304 e. The van der Waals surface area contributed by atoms with Gasteiger partial charge in [-0.25, -0.2) is 9.37 Å². The molecule has 2 heterocycles. The van der Waals surface area contributed by atoms with Crippen LogP contribution in [0.3, 0.4) is 0 Å². The van der Waals surface area contributed by atoms with Crippen molar-refractivity contribution in [1.82, 2.24) is 14.5 Å². The highest BCUT2D eigenvalue weighted by molar-refractivity contribution is 5.74. The fourth-order valence-electron chi connectivity index (χ4n) is 2.89. The van der Waals surface area contributed by atoms with Gasteiger partial charge >= 0.3 is 0 Å². The van der Waals surface area contributed by atoms with E-state index in [1.807, 2.05) is 0 Å². The molecule has 4 nitrogen and oxygen atoms in total. The zero-order chi connectivity index (χ0) is 14.8. The Bertz CT molecular complexity index is 689. The van der Waals surface area contributed by atoms with Crippen molar-refractivity contribution in [1.29, 1.82) is 0 Å². The number of likely N-dealkylation sites (tertiary alicyclic amines) is 1. The molecule has 0 saturated carbocycles. The second-order valence-corrected chi connectivity index (χ2v) is 5.91. The lowest BCUT2D eigenvalue weighted by Gasteiger charge is -2.30. The Hall–Kier alpha value is -1.75. The first-order valence-electron chi connectivity index (χ1n) is 7.51. The molecule has 1 aliphatic heterocycles. The van der Waals surface area contributed by atoms with E-state index in [2.05, 4.69) is 16.8 Å². The molecule has 0 amide bonds. The van der Waals surface area contributed by atoms with Crippen molar-refractivity contribution in [3.05, 3.63) is 40.6 Å². The summed E-state index contributed by atoms with van der Waals surface area (Å²) in [6.45, 7) is 5.83. The number of hydrogen-bond donors (Lipinski definition) is 0. The van der Waals surface area contributed by atoms with Crippen LogP contribution in [0, 0.1) is 11.7 Å². The van der Waals surface area contributed by atoms with E-state index in [-0.39, 0.29) is 11.4 Å². The van der Waals surface area contributed by atoms with Crippen molar-refractivity contribution in [2.75, 3.05) is 19.6 Å². The normalized spacial score (nSPS) is 17.4. The van der Waals surface area contributed by atoms with Crippen LogP contribution < -0.4 is 5.56 Å². The molecule has 3 rings (SSSR count). The molecule has 0 N–H and O–H groups in total. The molecule has 0 aliphatic carbocycles. The van der Waals surface area contributed by atoms with Crippen LogP contribution in [-0.2, 0) is 6.54 Å². The SMILES string of the molecule is CC1CCN(CCn2c(=O)cnc3ccc(F)cc32)CC1. The second-order valence-electron chi connectivity index (χ2n) is 5.91. The van der Waals surface area contributed by atoms with Gasteiger partial charge in [-0.2, -0.15) is 0 Å². The molecule has 2 aromatic rings. The van der Waals surface area contributed by atoms with E-state index in [0.29, 0.717) is 17.6 Å². The number of hydrogen-bond acceptors (Lipinski definition) is 3. The van der Waals surface area contributed by atoms with Gasteiger partial charge in [-0.3, -0.25) is 4.79 Å². The van der Waals surface area contributed by atoms with Gasteiger partial charge in [0.15, 0.2) is 0 Å². The molecule has 1 aromatic heterocycles. The fourth-order valence-corrected chi connectivity index (χ4v) is 2.89. The monoisotopic (exact) mass is 289 g/mol. The maximum atomic E-state index is 13.4. The summed E-state index contributed by atoms with van der Waals surface area (Å²) in [5.41, 5.74) is 1.06. The van der Waals surface area contributed by atoms with Crippen molar-refractivity contribution < 1.29 is 4.39 Å². The number of halogens is 1. The maximum absolute atomic E-state index is 13.4. The molecule has 0 atom stereocenters. The van der Waals surface area contributed by atoms with E-state index in [1.165, 1.54) is 31.2 Å². The molecule has 5 heteroatoms. The standard InChI is InChI=1S/C16H20FN3O/c1-12-4-6-19(7-5-12)8-9-20-15-10-13(17)2-3-14(15)18-11-16(20)21/h2-3,10-12H,4-9H2,1H3. The zero-order valence-electron chi connectivity index (χ0n) is 12.3. The average Bonchev–Trinajstić information content (AvgIpc) is 2.48. The fraction of sp³-hybridized carbons (Fsp3) is 0.500. The van der Waals surface area contributed by atoms with Crippen LogP contribution >= 0.6 is 0 Å². The number of nitrogens with zero attached hydrogens (tertiary/aromatic N) is 3. The van der Waals surface area contributed by atoms with Gasteiger partial charge in [-0.15, -0.1) is 0 Å². The molecule has 0 bridgehead atoms. The molecule has 1 aliphatic rings. The highest BCUT2D eigenvalue weighted by Gasteiger charge is 2.15. The molecule has 0 unspecified atom stereocenters. The first kappa shape index (κ1) is 14.2. The van der Waals surface area contributed by atoms with Gasteiger partial charge in [-0.1, -0.05) is 6.92 Å². The number of rotatable bonds is 3. The van der Waals surface area contributed by atoms with E-state index in [1.54, 1.807) is 10.6 Å². The summed E-state index contributed by atoms with van der Waals surface area (Å²) in [5.74, 6) is 0.454. The molecule has 21 heavy (non-hydrogen) atoms. The topological polar surface area (TPSA) is 38.1 Å². The van der Waals surface area contributed by atoms with Gasteiger partial charge in [0.25, 0.3) is 5.56 Å². The Balaban J connectivity index is 1.81. The van der Waals surface area contributed by atoms with Gasteiger partial charge < -0.3 is 9.47 Å². The van der Waals surface area contributed by atoms with Crippen LogP contribution in [0.15, 0.2) is 29.2 Å². The van der Waals surface area contributed by atoms with Crippen LogP contribution in [0.1, 0.15) is 19.8 Å². The van der Waals surface area contributed by atoms with Gasteiger partial charge in [0.1, 0.15) is 5.82 Å². The van der Waals surface area contributed by atoms with Gasteiger partial charge in [-0.05, 0) is 50.0 Å². The van der Waals surface area contributed by atoms with Gasteiger partial charge in [0.2, 0.25) is 0 Å². The van der Waals surface area contributed by atoms with E-state index in [9.17, 15) is 9.18 Å². The van der Waals surface area contributed by atoms with Gasteiger partial charge in [0, 0.05) is 13.1 Å². The van der Waals surface area contributed by atoms with Crippen LogP contribution in [0.25, 0.3) is 11.0 Å². The third-order valence-corrected chi connectivity index (χ3v) is 4.32. The van der Waals surface area contributed by atoms with E-state index >= 15 is 0 Å². The van der Waals surface area contributed by atoms with Crippen LogP contribution in [0.5, 0.6) is 0 Å². The summed E-state index contributed by atoms with van der Waals surface area (Å²) in [4.78, 5) is 18.5. The Morgan fingerprint density at radius 2 is 2.05 bits per heavy atom. The van der Waals surface area contributed by atoms with Crippen LogP contribution in [0.2, 0.25) is 0 Å². The Morgan fingerprint density at radius 3 is 2.81 bits per heavy atom. The number of fused-ring (bicyclic) bond motifs is 1. The predicted molar refractivity (Wildman–Crippen MR) is 80.8 cm³/mol. The van der Waals surface area contributed by atoms with Crippen molar-refractivity contribution in [3.63, 3.8) is 0 Å². The molecule has 112 valence electrons. The third kappa shape index (κ3) is 3.13. The smallest absolute Gasteiger partial charge is 0.269 e. The minimum Gasteiger partial charge on any atom is -0.304 e. The highest BCUT2D eigenvalue weighted by atomic mass is 19.1. The van der Waals surface area contributed by atoms with E-state index in [0.717, 1.165) is 25.6 Å². The lowest BCUT2D eigenvalue weighted by molar-refractivity contribution is 0.186. The molecule has 0 radical (unpaired) electrons. The first-order valence-corrected chi connectivity index (χ1v) is 7.51. The number of benzene rings is 1. The lowest BCUT2D eigenvalue weighted by Crippen LogP contribution is -2.36. The van der Waals surface area contributed by atoms with Crippen LogP contribution in [0.4, 0.5) is 4.39 Å². The van der Waals surface area contributed by atoms with E-state index < -0.39 is 0 Å². The third-order valence-electron chi connectivity index (χ3n) is 4.32. The van der Waals surface area contributed by atoms with Crippen molar-refractivity contribution >= 4 is 11.0 Å². The molecule has 1 fully saturated rings. The summed E-state index contributed by atoms with van der Waals surface area (Å²) in [6, 6.07) is 4.38. The molecule has 0 spiro atoms. The summed E-state index contributed by atoms with van der Waals surface area (Å²) < 4.78 is 15.1. The van der Waals surface area contributed by atoms with Crippen molar-refractivity contribution in [2.45, 2.75) is 26.3 Å².